The van der Waals surface area contributed by atoms with Gasteiger partial charge < -0.3 is 15.1 Å². The molecule has 7 heteroatoms. The number of rotatable bonds is 3. The van der Waals surface area contributed by atoms with E-state index in [9.17, 15) is 9.59 Å². The van der Waals surface area contributed by atoms with Crippen LogP contribution in [0.1, 0.15) is 17.0 Å². The van der Waals surface area contributed by atoms with Gasteiger partial charge >= 0.3 is 0 Å². The first-order chi connectivity index (χ1) is 11.6. The number of para-hydroxylation sites is 1. The molecule has 2 N–H and O–H groups in total. The van der Waals surface area contributed by atoms with E-state index in [0.29, 0.717) is 25.3 Å². The van der Waals surface area contributed by atoms with E-state index in [1.165, 1.54) is 11.3 Å². The van der Waals surface area contributed by atoms with Gasteiger partial charge in [-0.2, -0.15) is 0 Å². The third-order valence-corrected chi connectivity index (χ3v) is 5.25. The number of primary amides is 1. The van der Waals surface area contributed by atoms with Crippen molar-refractivity contribution in [2.45, 2.75) is 6.42 Å². The first-order valence-corrected chi connectivity index (χ1v) is 8.48. The maximum absolute atomic E-state index is 12.5. The summed E-state index contributed by atoms with van der Waals surface area (Å²) >= 11 is 1.52. The molecule has 0 saturated carbocycles. The van der Waals surface area contributed by atoms with Gasteiger partial charge in [-0.1, -0.05) is 12.1 Å². The van der Waals surface area contributed by atoms with Crippen LogP contribution in [0.5, 0.6) is 0 Å². The van der Waals surface area contributed by atoms with Gasteiger partial charge in [0.05, 0.1) is 16.1 Å². The van der Waals surface area contributed by atoms with Crippen molar-refractivity contribution in [2.24, 2.45) is 11.7 Å². The highest BCUT2D eigenvalue weighted by Gasteiger charge is 2.31. The number of aromatic nitrogens is 1. The number of hydrogen-bond acceptors (Lipinski definition) is 5. The first-order valence-electron chi connectivity index (χ1n) is 7.66. The van der Waals surface area contributed by atoms with Crippen molar-refractivity contribution in [2.75, 3.05) is 13.1 Å². The molecule has 1 atom stereocenters. The summed E-state index contributed by atoms with van der Waals surface area (Å²) in [6.07, 6.45) is 0.604. The summed E-state index contributed by atoms with van der Waals surface area (Å²) in [4.78, 5) is 29.9. The van der Waals surface area contributed by atoms with E-state index >= 15 is 0 Å². The zero-order valence-electron chi connectivity index (χ0n) is 12.8. The predicted molar refractivity (Wildman–Crippen MR) is 90.5 cm³/mol. The number of hydrogen-bond donors (Lipinski definition) is 1. The molecule has 122 valence electrons. The van der Waals surface area contributed by atoms with Crippen LogP contribution >= 0.6 is 11.3 Å². The second-order valence-electron chi connectivity index (χ2n) is 5.79. The van der Waals surface area contributed by atoms with Crippen molar-refractivity contribution in [3.63, 3.8) is 0 Å². The summed E-state index contributed by atoms with van der Waals surface area (Å²) in [5.74, 6) is -0.0155. The Bertz CT molecular complexity index is 897. The van der Waals surface area contributed by atoms with Gasteiger partial charge in [0.2, 0.25) is 5.91 Å². The van der Waals surface area contributed by atoms with Crippen molar-refractivity contribution < 1.29 is 14.0 Å². The Kier molecular flexibility index (Phi) is 3.57. The zero-order chi connectivity index (χ0) is 16.7. The van der Waals surface area contributed by atoms with E-state index in [1.807, 2.05) is 24.3 Å². The molecule has 0 aliphatic carbocycles. The van der Waals surface area contributed by atoms with Gasteiger partial charge in [-0.25, -0.2) is 4.98 Å². The van der Waals surface area contributed by atoms with Gasteiger partial charge in [-0.05, 0) is 30.7 Å². The molecule has 3 heterocycles. The fourth-order valence-electron chi connectivity index (χ4n) is 2.88. The molecule has 1 fully saturated rings. The van der Waals surface area contributed by atoms with E-state index in [1.54, 1.807) is 17.0 Å². The molecular weight excluding hydrogens is 326 g/mol. The molecule has 3 aromatic rings. The SMILES string of the molecule is NC(=O)[C@@H]1CCN(C(=O)c2ccc(-c3nc4ccccc4s3)o2)C1. The van der Waals surface area contributed by atoms with Crippen molar-refractivity contribution in [3.8, 4) is 10.8 Å². The number of likely N-dealkylation sites (tertiary alicyclic amines) is 1. The summed E-state index contributed by atoms with van der Waals surface area (Å²) in [6.45, 7) is 0.870. The lowest BCUT2D eigenvalue weighted by molar-refractivity contribution is -0.121. The molecular formula is C17H15N3O3S. The van der Waals surface area contributed by atoms with Gasteiger partial charge in [0, 0.05) is 13.1 Å². The van der Waals surface area contributed by atoms with Crippen LogP contribution < -0.4 is 5.73 Å². The Morgan fingerprint density at radius 2 is 2.08 bits per heavy atom. The van der Waals surface area contributed by atoms with Crippen LogP contribution in [-0.2, 0) is 4.79 Å². The second kappa shape index (κ2) is 5.76. The lowest BCUT2D eigenvalue weighted by Crippen LogP contribution is -2.31. The molecule has 1 aliphatic rings. The molecule has 2 amide bonds. The number of amides is 2. The minimum atomic E-state index is -0.361. The third-order valence-electron chi connectivity index (χ3n) is 4.20. The van der Waals surface area contributed by atoms with Crippen LogP contribution in [0, 0.1) is 5.92 Å². The summed E-state index contributed by atoms with van der Waals surface area (Å²) in [5.41, 5.74) is 6.22. The average Bonchev–Trinajstić information content (AvgIpc) is 3.31. The Hall–Kier alpha value is -2.67. The molecule has 0 unspecified atom stereocenters. The lowest BCUT2D eigenvalue weighted by Gasteiger charge is -2.13. The van der Waals surface area contributed by atoms with Gasteiger partial charge in [0.25, 0.3) is 5.91 Å². The standard InChI is InChI=1S/C17H15N3O3S/c18-15(21)10-7-8-20(9-10)17(22)13-6-5-12(23-13)16-19-11-3-1-2-4-14(11)24-16/h1-6,10H,7-9H2,(H2,18,21)/t10-/m1/s1. The molecule has 4 rings (SSSR count). The summed E-state index contributed by atoms with van der Waals surface area (Å²) in [7, 11) is 0. The monoisotopic (exact) mass is 341 g/mol. The first kappa shape index (κ1) is 14.9. The highest BCUT2D eigenvalue weighted by molar-refractivity contribution is 7.21. The van der Waals surface area contributed by atoms with Crippen molar-refractivity contribution in [3.05, 3.63) is 42.2 Å². The van der Waals surface area contributed by atoms with Crippen LogP contribution in [0.3, 0.4) is 0 Å². The molecule has 2 aromatic heterocycles. The number of benzene rings is 1. The Labute approximate surface area is 141 Å². The average molecular weight is 341 g/mol. The number of thiazole rings is 1. The molecule has 0 spiro atoms. The number of nitrogens with zero attached hydrogens (tertiary/aromatic N) is 2. The van der Waals surface area contributed by atoms with Gasteiger partial charge in [0.1, 0.15) is 0 Å². The molecule has 6 nitrogen and oxygen atoms in total. The maximum atomic E-state index is 12.5. The highest BCUT2D eigenvalue weighted by atomic mass is 32.1. The number of carbonyl (C=O) groups is 2. The molecule has 0 bridgehead atoms. The number of carbonyl (C=O) groups excluding carboxylic acids is 2. The smallest absolute Gasteiger partial charge is 0.289 e. The van der Waals surface area contributed by atoms with E-state index in [4.69, 9.17) is 10.2 Å². The topological polar surface area (TPSA) is 89.4 Å². The molecule has 1 aromatic carbocycles. The second-order valence-corrected chi connectivity index (χ2v) is 6.82. The number of nitrogens with two attached hydrogens (primary N) is 1. The van der Waals surface area contributed by atoms with E-state index in [-0.39, 0.29) is 23.5 Å². The minimum Gasteiger partial charge on any atom is -0.448 e. The van der Waals surface area contributed by atoms with Gasteiger partial charge in [-0.15, -0.1) is 11.3 Å². The van der Waals surface area contributed by atoms with Gasteiger partial charge in [-0.3, -0.25) is 9.59 Å². The van der Waals surface area contributed by atoms with Crippen LogP contribution in [-0.4, -0.2) is 34.8 Å². The quantitative estimate of drug-likeness (QED) is 0.792. The fraction of sp³-hybridized carbons (Fsp3) is 0.235. The normalized spacial score (nSPS) is 17.5. The van der Waals surface area contributed by atoms with E-state index in [0.717, 1.165) is 15.2 Å². The number of furan rings is 1. The largest absolute Gasteiger partial charge is 0.448 e. The fourth-order valence-corrected chi connectivity index (χ4v) is 3.81. The van der Waals surface area contributed by atoms with Gasteiger partial charge in [0.15, 0.2) is 16.5 Å². The molecule has 1 aliphatic heterocycles. The van der Waals surface area contributed by atoms with Crippen molar-refractivity contribution in [1.82, 2.24) is 9.88 Å². The summed E-state index contributed by atoms with van der Waals surface area (Å²) in [5, 5.41) is 0.742. The highest BCUT2D eigenvalue weighted by Crippen LogP contribution is 2.31. The van der Waals surface area contributed by atoms with E-state index in [2.05, 4.69) is 4.98 Å². The third kappa shape index (κ3) is 2.56. The Balaban J connectivity index is 1.56. The summed E-state index contributed by atoms with van der Waals surface area (Å²) < 4.78 is 6.78. The van der Waals surface area contributed by atoms with Crippen molar-refractivity contribution >= 4 is 33.4 Å². The summed E-state index contributed by atoms with van der Waals surface area (Å²) in [6, 6.07) is 11.3. The van der Waals surface area contributed by atoms with Crippen molar-refractivity contribution in [1.29, 1.82) is 0 Å². The predicted octanol–water partition coefficient (Wildman–Crippen LogP) is 2.50. The Morgan fingerprint density at radius 1 is 1.25 bits per heavy atom. The zero-order valence-corrected chi connectivity index (χ0v) is 13.6. The van der Waals surface area contributed by atoms with Crippen LogP contribution in [0.2, 0.25) is 0 Å². The van der Waals surface area contributed by atoms with Crippen LogP contribution in [0.25, 0.3) is 21.0 Å². The Morgan fingerprint density at radius 3 is 2.83 bits per heavy atom. The molecule has 24 heavy (non-hydrogen) atoms. The minimum absolute atomic E-state index is 0.217. The molecule has 1 saturated heterocycles. The van der Waals surface area contributed by atoms with Crippen LogP contribution in [0.4, 0.5) is 0 Å². The van der Waals surface area contributed by atoms with Crippen LogP contribution in [0.15, 0.2) is 40.8 Å². The lowest BCUT2D eigenvalue weighted by atomic mass is 10.1. The van der Waals surface area contributed by atoms with E-state index < -0.39 is 0 Å². The molecule has 0 radical (unpaired) electrons. The number of fused-ring (bicyclic) bond motifs is 1. The maximum Gasteiger partial charge on any atom is 0.289 e.